The second-order valence-electron chi connectivity index (χ2n) is 3.25. The number of nitrogens with zero attached hydrogens (tertiary/aromatic N) is 1. The third-order valence-corrected chi connectivity index (χ3v) is 5.39. The molecule has 1 rings (SSSR count). The van der Waals surface area contributed by atoms with Gasteiger partial charge in [-0.05, 0) is 18.6 Å². The molecule has 0 saturated heterocycles. The average Bonchev–Trinajstić information content (AvgIpc) is 2.67. The molecule has 5 nitrogen and oxygen atoms in total. The van der Waals surface area contributed by atoms with Crippen molar-refractivity contribution in [3.05, 3.63) is 17.0 Å². The summed E-state index contributed by atoms with van der Waals surface area (Å²) in [6.07, 6.45) is 0.715. The molecular formula is C9H13NO4S2. The van der Waals surface area contributed by atoms with Crippen LogP contribution in [-0.4, -0.2) is 37.4 Å². The van der Waals surface area contributed by atoms with E-state index in [9.17, 15) is 13.2 Å². The summed E-state index contributed by atoms with van der Waals surface area (Å²) in [5.74, 6) is -1.11. The highest BCUT2D eigenvalue weighted by Gasteiger charge is 2.23. The summed E-state index contributed by atoms with van der Waals surface area (Å²) in [7, 11) is -2.04. The summed E-state index contributed by atoms with van der Waals surface area (Å²) in [6.45, 7) is 2.30. The van der Waals surface area contributed by atoms with Gasteiger partial charge in [0.1, 0.15) is 9.09 Å². The van der Waals surface area contributed by atoms with Crippen LogP contribution in [0.4, 0.5) is 0 Å². The molecule has 16 heavy (non-hydrogen) atoms. The van der Waals surface area contributed by atoms with Gasteiger partial charge in [-0.15, -0.1) is 11.3 Å². The Morgan fingerprint density at radius 1 is 1.50 bits per heavy atom. The molecule has 90 valence electrons. The van der Waals surface area contributed by atoms with E-state index in [1.807, 2.05) is 6.92 Å². The van der Waals surface area contributed by atoms with Crippen molar-refractivity contribution >= 4 is 27.3 Å². The van der Waals surface area contributed by atoms with Crippen molar-refractivity contribution in [2.45, 2.75) is 17.6 Å². The molecule has 1 N–H and O–H groups in total. The molecule has 7 heteroatoms. The number of thiophene rings is 1. The maximum Gasteiger partial charge on any atom is 0.345 e. The minimum atomic E-state index is -3.53. The smallest absolute Gasteiger partial charge is 0.345 e. The highest BCUT2D eigenvalue weighted by molar-refractivity contribution is 7.91. The lowest BCUT2D eigenvalue weighted by Gasteiger charge is -2.14. The summed E-state index contributed by atoms with van der Waals surface area (Å²) >= 11 is 0.773. The highest BCUT2D eigenvalue weighted by atomic mass is 32.2. The quantitative estimate of drug-likeness (QED) is 0.873. The number of carboxylic acids is 1. The van der Waals surface area contributed by atoms with E-state index >= 15 is 0 Å². The minimum Gasteiger partial charge on any atom is -0.477 e. The summed E-state index contributed by atoms with van der Waals surface area (Å²) in [6, 6.07) is 2.63. The molecule has 0 aliphatic carbocycles. The molecule has 0 aliphatic heterocycles. The van der Waals surface area contributed by atoms with Gasteiger partial charge < -0.3 is 5.11 Å². The fraction of sp³-hybridized carbons (Fsp3) is 0.444. The Balaban J connectivity index is 3.03. The number of sulfonamides is 1. The molecule has 0 amide bonds. The summed E-state index contributed by atoms with van der Waals surface area (Å²) in [5, 5.41) is 8.71. The molecule has 1 aromatic rings. The molecule has 0 atom stereocenters. The van der Waals surface area contributed by atoms with Crippen LogP contribution in [0.5, 0.6) is 0 Å². The average molecular weight is 263 g/mol. The van der Waals surface area contributed by atoms with E-state index in [1.165, 1.54) is 23.5 Å². The third-order valence-electron chi connectivity index (χ3n) is 2.00. The van der Waals surface area contributed by atoms with Crippen LogP contribution >= 0.6 is 11.3 Å². The summed E-state index contributed by atoms with van der Waals surface area (Å²) < 4.78 is 25.1. The van der Waals surface area contributed by atoms with Crippen molar-refractivity contribution in [2.75, 3.05) is 13.6 Å². The Labute approximate surface area is 98.4 Å². The Morgan fingerprint density at radius 2 is 2.12 bits per heavy atom. The van der Waals surface area contributed by atoms with Gasteiger partial charge in [0.25, 0.3) is 10.0 Å². The monoisotopic (exact) mass is 263 g/mol. The molecule has 0 unspecified atom stereocenters. The normalized spacial score (nSPS) is 11.9. The second-order valence-corrected chi connectivity index (χ2v) is 6.61. The zero-order valence-electron chi connectivity index (χ0n) is 9.00. The highest BCUT2D eigenvalue weighted by Crippen LogP contribution is 2.24. The standard InChI is InChI=1S/C9H13NO4S2/c1-3-6-10(2)16(13,14)8-5-4-7(15-8)9(11)12/h4-5H,3,6H2,1-2H3,(H,11,12). The Morgan fingerprint density at radius 3 is 2.56 bits per heavy atom. The van der Waals surface area contributed by atoms with Crippen LogP contribution in [0.1, 0.15) is 23.0 Å². The SMILES string of the molecule is CCCN(C)S(=O)(=O)c1ccc(C(=O)O)s1. The number of hydrogen-bond donors (Lipinski definition) is 1. The van der Waals surface area contributed by atoms with Gasteiger partial charge in [-0.3, -0.25) is 0 Å². The molecule has 1 aromatic heterocycles. The van der Waals surface area contributed by atoms with E-state index in [0.29, 0.717) is 13.0 Å². The zero-order valence-corrected chi connectivity index (χ0v) is 10.6. The molecule has 1 heterocycles. The van der Waals surface area contributed by atoms with Crippen LogP contribution in [0.15, 0.2) is 16.3 Å². The van der Waals surface area contributed by atoms with Gasteiger partial charge in [0, 0.05) is 13.6 Å². The summed E-state index contributed by atoms with van der Waals surface area (Å²) in [5.41, 5.74) is 0. The molecule has 0 bridgehead atoms. The molecule has 0 aliphatic rings. The van der Waals surface area contributed by atoms with Crippen LogP contribution in [0.3, 0.4) is 0 Å². The van der Waals surface area contributed by atoms with Crippen molar-refractivity contribution in [3.8, 4) is 0 Å². The lowest BCUT2D eigenvalue weighted by molar-refractivity contribution is 0.0702. The van der Waals surface area contributed by atoms with Gasteiger partial charge in [0.15, 0.2) is 0 Å². The summed E-state index contributed by atoms with van der Waals surface area (Å²) in [4.78, 5) is 10.7. The first-order valence-corrected chi connectivity index (χ1v) is 6.94. The molecule has 0 saturated carbocycles. The van der Waals surface area contributed by atoms with Crippen molar-refractivity contribution in [2.24, 2.45) is 0 Å². The fourth-order valence-corrected chi connectivity index (χ4v) is 3.78. The van der Waals surface area contributed by atoms with Crippen molar-refractivity contribution < 1.29 is 18.3 Å². The van der Waals surface area contributed by atoms with Gasteiger partial charge in [-0.2, -0.15) is 0 Å². The van der Waals surface area contributed by atoms with Gasteiger partial charge in [-0.25, -0.2) is 17.5 Å². The van der Waals surface area contributed by atoms with Gasteiger partial charge in [-0.1, -0.05) is 6.92 Å². The minimum absolute atomic E-state index is 0.0310. The topological polar surface area (TPSA) is 74.7 Å². The van der Waals surface area contributed by atoms with E-state index in [0.717, 1.165) is 11.3 Å². The first kappa shape index (κ1) is 13.1. The van der Waals surface area contributed by atoms with Crippen LogP contribution in [0, 0.1) is 0 Å². The predicted molar refractivity (Wildman–Crippen MR) is 61.4 cm³/mol. The number of carbonyl (C=O) groups is 1. The Bertz CT molecular complexity index is 477. The Kier molecular flexibility index (Phi) is 4.06. The van der Waals surface area contributed by atoms with E-state index in [-0.39, 0.29) is 9.09 Å². The lowest BCUT2D eigenvalue weighted by Crippen LogP contribution is -2.26. The van der Waals surface area contributed by atoms with Gasteiger partial charge in [0.05, 0.1) is 0 Å². The second kappa shape index (κ2) is 4.94. The number of rotatable bonds is 5. The van der Waals surface area contributed by atoms with Crippen LogP contribution in [0.25, 0.3) is 0 Å². The molecule has 0 aromatic carbocycles. The van der Waals surface area contributed by atoms with Crippen molar-refractivity contribution in [3.63, 3.8) is 0 Å². The van der Waals surface area contributed by atoms with Crippen molar-refractivity contribution in [1.82, 2.24) is 4.31 Å². The van der Waals surface area contributed by atoms with E-state index in [2.05, 4.69) is 0 Å². The predicted octanol–water partition coefficient (Wildman–Crippen LogP) is 1.48. The molecule has 0 radical (unpaired) electrons. The number of carboxylic acid groups (broad SMARTS) is 1. The van der Waals surface area contributed by atoms with Crippen LogP contribution in [-0.2, 0) is 10.0 Å². The fourth-order valence-electron chi connectivity index (χ4n) is 1.16. The third kappa shape index (κ3) is 2.60. The van der Waals surface area contributed by atoms with Gasteiger partial charge >= 0.3 is 5.97 Å². The number of hydrogen-bond acceptors (Lipinski definition) is 4. The molecule has 0 fully saturated rings. The largest absolute Gasteiger partial charge is 0.477 e. The van der Waals surface area contributed by atoms with E-state index in [4.69, 9.17) is 5.11 Å². The molecular weight excluding hydrogens is 250 g/mol. The first-order valence-electron chi connectivity index (χ1n) is 4.69. The van der Waals surface area contributed by atoms with Crippen LogP contribution < -0.4 is 0 Å². The van der Waals surface area contributed by atoms with Crippen molar-refractivity contribution in [1.29, 1.82) is 0 Å². The van der Waals surface area contributed by atoms with Crippen LogP contribution in [0.2, 0.25) is 0 Å². The first-order chi connectivity index (χ1) is 7.39. The van der Waals surface area contributed by atoms with Gasteiger partial charge in [0.2, 0.25) is 0 Å². The molecule has 0 spiro atoms. The lowest BCUT2D eigenvalue weighted by atomic mass is 10.5. The maximum atomic E-state index is 11.9. The maximum absolute atomic E-state index is 11.9. The zero-order chi connectivity index (χ0) is 12.3. The Hall–Kier alpha value is -0.920. The number of aromatic carboxylic acids is 1. The van der Waals surface area contributed by atoms with E-state index < -0.39 is 16.0 Å². The van der Waals surface area contributed by atoms with E-state index in [1.54, 1.807) is 0 Å².